The largest absolute Gasteiger partial charge is 0.356 e. The summed E-state index contributed by atoms with van der Waals surface area (Å²) in [4.78, 5) is 2.41. The average molecular weight is 372 g/mol. The normalized spacial score (nSPS) is 26.1. The van der Waals surface area contributed by atoms with Crippen molar-refractivity contribution in [2.24, 2.45) is 11.3 Å². The fraction of sp³-hybridized carbons (Fsp3) is 0.591. The Morgan fingerprint density at radius 2 is 1.93 bits per heavy atom. The van der Waals surface area contributed by atoms with Crippen molar-refractivity contribution in [3.05, 3.63) is 41.8 Å². The van der Waals surface area contributed by atoms with Gasteiger partial charge in [0.1, 0.15) is 5.82 Å². The number of halogens is 1. The van der Waals surface area contributed by atoms with Gasteiger partial charge in [0, 0.05) is 23.7 Å². The van der Waals surface area contributed by atoms with E-state index in [0.29, 0.717) is 23.8 Å². The number of aromatic nitrogens is 1. The standard InChI is InChI=1S/C22H30FN3O/c1-22(2)16(13-21(22)24-18-8-10-26(3)11-9-18)12-19-14-20(27-25-19)15-4-6-17(23)7-5-15/h4-7,14,16,18,21,24H,8-13H2,1-3H3. The van der Waals surface area contributed by atoms with Crippen molar-refractivity contribution in [3.63, 3.8) is 0 Å². The van der Waals surface area contributed by atoms with Crippen LogP contribution in [0.1, 0.15) is 38.8 Å². The quantitative estimate of drug-likeness (QED) is 0.858. The third-order valence-corrected chi connectivity index (χ3v) is 6.77. The van der Waals surface area contributed by atoms with E-state index in [2.05, 4.69) is 36.3 Å². The second-order valence-electron chi connectivity index (χ2n) is 8.94. The molecule has 0 spiro atoms. The predicted octanol–water partition coefficient (Wildman–Crippen LogP) is 4.12. The maximum absolute atomic E-state index is 13.1. The third-order valence-electron chi connectivity index (χ3n) is 6.77. The summed E-state index contributed by atoms with van der Waals surface area (Å²) < 4.78 is 18.6. The lowest BCUT2D eigenvalue weighted by molar-refractivity contribution is 0.00207. The van der Waals surface area contributed by atoms with E-state index in [1.54, 1.807) is 12.1 Å². The van der Waals surface area contributed by atoms with Gasteiger partial charge in [0.25, 0.3) is 0 Å². The first-order chi connectivity index (χ1) is 12.9. The molecule has 2 fully saturated rings. The smallest absolute Gasteiger partial charge is 0.167 e. The number of piperidine rings is 1. The molecule has 1 aliphatic carbocycles. The Hall–Kier alpha value is -1.72. The zero-order chi connectivity index (χ0) is 19.0. The summed E-state index contributed by atoms with van der Waals surface area (Å²) in [5.74, 6) is 1.08. The Labute approximate surface area is 161 Å². The molecule has 2 atom stereocenters. The topological polar surface area (TPSA) is 41.3 Å². The third kappa shape index (κ3) is 3.94. The first-order valence-corrected chi connectivity index (χ1v) is 10.1. The molecule has 2 aromatic rings. The van der Waals surface area contributed by atoms with E-state index in [0.717, 1.165) is 17.7 Å². The van der Waals surface area contributed by atoms with Crippen molar-refractivity contribution in [3.8, 4) is 11.3 Å². The number of likely N-dealkylation sites (tertiary alicyclic amines) is 1. The summed E-state index contributed by atoms with van der Waals surface area (Å²) in [5.41, 5.74) is 2.12. The predicted molar refractivity (Wildman–Crippen MR) is 105 cm³/mol. The van der Waals surface area contributed by atoms with E-state index in [4.69, 9.17) is 4.52 Å². The number of benzene rings is 1. The number of hydrogen-bond acceptors (Lipinski definition) is 4. The molecular weight excluding hydrogens is 341 g/mol. The van der Waals surface area contributed by atoms with Crippen molar-refractivity contribution >= 4 is 0 Å². The van der Waals surface area contributed by atoms with E-state index in [1.165, 1.54) is 44.5 Å². The first kappa shape index (κ1) is 18.6. The zero-order valence-corrected chi connectivity index (χ0v) is 16.5. The fourth-order valence-electron chi connectivity index (χ4n) is 4.52. The molecular formula is C22H30FN3O. The summed E-state index contributed by atoms with van der Waals surface area (Å²) in [7, 11) is 2.21. The second kappa shape index (κ2) is 7.36. The molecule has 1 saturated heterocycles. The van der Waals surface area contributed by atoms with Gasteiger partial charge in [0.05, 0.1) is 5.69 Å². The van der Waals surface area contributed by atoms with E-state index < -0.39 is 0 Å². The summed E-state index contributed by atoms with van der Waals surface area (Å²) >= 11 is 0. The van der Waals surface area contributed by atoms with Crippen molar-refractivity contribution in [2.75, 3.05) is 20.1 Å². The van der Waals surface area contributed by atoms with Gasteiger partial charge in [-0.1, -0.05) is 19.0 Å². The van der Waals surface area contributed by atoms with Crippen molar-refractivity contribution < 1.29 is 8.91 Å². The molecule has 1 aromatic carbocycles. The first-order valence-electron chi connectivity index (χ1n) is 10.1. The zero-order valence-electron chi connectivity index (χ0n) is 16.5. The maximum Gasteiger partial charge on any atom is 0.167 e. The molecule has 5 heteroatoms. The number of nitrogens with one attached hydrogen (secondary N) is 1. The van der Waals surface area contributed by atoms with Crippen LogP contribution >= 0.6 is 0 Å². The molecule has 146 valence electrons. The Morgan fingerprint density at radius 1 is 1.22 bits per heavy atom. The van der Waals surface area contributed by atoms with Crippen LogP contribution in [0.3, 0.4) is 0 Å². The Balaban J connectivity index is 1.33. The molecule has 0 bridgehead atoms. The van der Waals surface area contributed by atoms with Gasteiger partial charge < -0.3 is 14.7 Å². The molecule has 1 aliphatic heterocycles. The molecule has 0 amide bonds. The van der Waals surface area contributed by atoms with E-state index in [9.17, 15) is 4.39 Å². The van der Waals surface area contributed by atoms with Crippen LogP contribution in [0.4, 0.5) is 4.39 Å². The van der Waals surface area contributed by atoms with Crippen molar-refractivity contribution in [2.45, 2.75) is 51.6 Å². The molecule has 1 aromatic heterocycles. The van der Waals surface area contributed by atoms with E-state index in [1.807, 2.05) is 6.07 Å². The molecule has 2 unspecified atom stereocenters. The van der Waals surface area contributed by atoms with Gasteiger partial charge in [-0.25, -0.2) is 4.39 Å². The minimum Gasteiger partial charge on any atom is -0.356 e. The molecule has 0 radical (unpaired) electrons. The fourth-order valence-corrected chi connectivity index (χ4v) is 4.52. The Morgan fingerprint density at radius 3 is 2.59 bits per heavy atom. The van der Waals surface area contributed by atoms with Gasteiger partial charge in [0.2, 0.25) is 0 Å². The molecule has 4 nitrogen and oxygen atoms in total. The molecule has 2 aliphatic rings. The Bertz CT molecular complexity index is 762. The lowest BCUT2D eigenvalue weighted by Gasteiger charge is -2.54. The molecule has 1 N–H and O–H groups in total. The highest BCUT2D eigenvalue weighted by molar-refractivity contribution is 5.57. The minimum absolute atomic E-state index is 0.238. The van der Waals surface area contributed by atoms with Crippen LogP contribution in [-0.4, -0.2) is 42.3 Å². The van der Waals surface area contributed by atoms with Gasteiger partial charge >= 0.3 is 0 Å². The molecule has 1 saturated carbocycles. The monoisotopic (exact) mass is 371 g/mol. The van der Waals surface area contributed by atoms with Gasteiger partial charge in [-0.2, -0.15) is 0 Å². The highest BCUT2D eigenvalue weighted by Gasteiger charge is 2.48. The molecule has 27 heavy (non-hydrogen) atoms. The second-order valence-corrected chi connectivity index (χ2v) is 8.94. The summed E-state index contributed by atoms with van der Waals surface area (Å²) in [6.45, 7) is 7.13. The van der Waals surface area contributed by atoms with Gasteiger partial charge in [-0.15, -0.1) is 0 Å². The number of nitrogens with zero attached hydrogens (tertiary/aromatic N) is 2. The van der Waals surface area contributed by atoms with E-state index in [-0.39, 0.29) is 11.2 Å². The maximum atomic E-state index is 13.1. The van der Waals surface area contributed by atoms with Gasteiger partial charge in [-0.3, -0.25) is 0 Å². The van der Waals surface area contributed by atoms with Crippen LogP contribution in [0, 0.1) is 17.2 Å². The van der Waals surface area contributed by atoms with Crippen LogP contribution in [0.5, 0.6) is 0 Å². The highest BCUT2D eigenvalue weighted by Crippen LogP contribution is 2.48. The van der Waals surface area contributed by atoms with Crippen LogP contribution < -0.4 is 5.32 Å². The number of rotatable bonds is 5. The number of hydrogen-bond donors (Lipinski definition) is 1. The van der Waals surface area contributed by atoms with Crippen LogP contribution in [0.25, 0.3) is 11.3 Å². The van der Waals surface area contributed by atoms with E-state index >= 15 is 0 Å². The average Bonchev–Trinajstić information content (AvgIpc) is 3.12. The van der Waals surface area contributed by atoms with Crippen LogP contribution in [0.2, 0.25) is 0 Å². The highest BCUT2D eigenvalue weighted by atomic mass is 19.1. The van der Waals surface area contributed by atoms with Crippen LogP contribution in [0.15, 0.2) is 34.9 Å². The SMILES string of the molecule is CN1CCC(NC2CC(Cc3cc(-c4ccc(F)cc4)on3)C2(C)C)CC1. The molecule has 2 heterocycles. The van der Waals surface area contributed by atoms with Crippen LogP contribution in [-0.2, 0) is 6.42 Å². The lowest BCUT2D eigenvalue weighted by atomic mass is 9.57. The van der Waals surface area contributed by atoms with Gasteiger partial charge in [0.15, 0.2) is 5.76 Å². The van der Waals surface area contributed by atoms with Crippen molar-refractivity contribution in [1.29, 1.82) is 0 Å². The minimum atomic E-state index is -0.238. The Kier molecular flexibility index (Phi) is 5.08. The summed E-state index contributed by atoms with van der Waals surface area (Å²) in [6.07, 6.45) is 4.62. The molecule has 4 rings (SSSR count). The summed E-state index contributed by atoms with van der Waals surface area (Å²) in [5, 5.41) is 8.17. The van der Waals surface area contributed by atoms with Gasteiger partial charge in [-0.05, 0) is 81.4 Å². The lowest BCUT2D eigenvalue weighted by Crippen LogP contribution is -2.60. The van der Waals surface area contributed by atoms with Crippen molar-refractivity contribution in [1.82, 2.24) is 15.4 Å². The summed E-state index contributed by atoms with van der Waals surface area (Å²) in [6, 6.07) is 9.60.